The van der Waals surface area contributed by atoms with E-state index in [2.05, 4.69) is 21.2 Å². The molecule has 2 nitrogen and oxygen atoms in total. The molecule has 1 fully saturated rings. The molecule has 1 aromatic carbocycles. The van der Waals surface area contributed by atoms with Crippen LogP contribution in [0.5, 0.6) is 0 Å². The summed E-state index contributed by atoms with van der Waals surface area (Å²) >= 11 is 15.4. The lowest BCUT2D eigenvalue weighted by atomic mass is 9.85. The van der Waals surface area contributed by atoms with Gasteiger partial charge in [-0.05, 0) is 37.0 Å². The van der Waals surface area contributed by atoms with Gasteiger partial charge in [0.25, 0.3) is 5.91 Å². The average Bonchev–Trinajstić information content (AvgIpc) is 2.42. The molecule has 1 aliphatic rings. The molecule has 1 amide bonds. The molecule has 2 atom stereocenters. The van der Waals surface area contributed by atoms with Crippen LogP contribution in [0, 0.1) is 5.92 Å². The molecule has 1 aliphatic carbocycles. The fourth-order valence-electron chi connectivity index (χ4n) is 2.50. The largest absolute Gasteiger partial charge is 0.349 e. The van der Waals surface area contributed by atoms with Crippen molar-refractivity contribution in [3.05, 3.63) is 33.3 Å². The molecule has 2 unspecified atom stereocenters. The van der Waals surface area contributed by atoms with E-state index in [0.29, 0.717) is 22.4 Å². The van der Waals surface area contributed by atoms with Gasteiger partial charge < -0.3 is 5.32 Å². The lowest BCUT2D eigenvalue weighted by Crippen LogP contribution is -2.42. The van der Waals surface area contributed by atoms with Crippen molar-refractivity contribution in [1.29, 1.82) is 0 Å². The molecule has 104 valence electrons. The van der Waals surface area contributed by atoms with Gasteiger partial charge in [-0.15, -0.1) is 11.6 Å². The third-order valence-electron chi connectivity index (χ3n) is 3.60. The second-order valence-corrected chi connectivity index (χ2v) is 6.53. The van der Waals surface area contributed by atoms with Crippen LogP contribution >= 0.6 is 39.1 Å². The Balaban J connectivity index is 2.09. The molecule has 1 aromatic rings. The topological polar surface area (TPSA) is 29.1 Å². The Bertz CT molecular complexity index is 467. The summed E-state index contributed by atoms with van der Waals surface area (Å²) in [5.41, 5.74) is 0.509. The minimum absolute atomic E-state index is 0.117. The molecule has 2 rings (SSSR count). The SMILES string of the molecule is O=C(NC1CCCCC1CCl)c1cc(Br)ccc1Cl. The van der Waals surface area contributed by atoms with Crippen molar-refractivity contribution in [1.82, 2.24) is 5.32 Å². The Hall–Kier alpha value is -0.250. The van der Waals surface area contributed by atoms with Gasteiger partial charge in [0.15, 0.2) is 0 Å². The van der Waals surface area contributed by atoms with Crippen molar-refractivity contribution in [3.8, 4) is 0 Å². The zero-order valence-electron chi connectivity index (χ0n) is 10.5. The standard InChI is InChI=1S/C14H16BrCl2NO/c15-10-5-6-12(17)11(7-10)14(19)18-13-4-2-1-3-9(13)8-16/h5-7,9,13H,1-4,8H2,(H,18,19). The van der Waals surface area contributed by atoms with Crippen molar-refractivity contribution in [2.24, 2.45) is 5.92 Å². The van der Waals surface area contributed by atoms with E-state index < -0.39 is 0 Å². The second-order valence-electron chi connectivity index (χ2n) is 4.90. The van der Waals surface area contributed by atoms with Gasteiger partial charge in [-0.2, -0.15) is 0 Å². The highest BCUT2D eigenvalue weighted by Crippen LogP contribution is 2.27. The summed E-state index contributed by atoms with van der Waals surface area (Å²) in [6, 6.07) is 5.45. The zero-order chi connectivity index (χ0) is 13.8. The molecular weight excluding hydrogens is 349 g/mol. The van der Waals surface area contributed by atoms with Crippen molar-refractivity contribution >= 4 is 45.0 Å². The van der Waals surface area contributed by atoms with E-state index >= 15 is 0 Å². The molecular formula is C14H16BrCl2NO. The minimum atomic E-state index is -0.117. The van der Waals surface area contributed by atoms with Gasteiger partial charge in [-0.1, -0.05) is 40.4 Å². The first kappa shape index (κ1) is 15.1. The van der Waals surface area contributed by atoms with Crippen molar-refractivity contribution in [3.63, 3.8) is 0 Å². The fraction of sp³-hybridized carbons (Fsp3) is 0.500. The smallest absolute Gasteiger partial charge is 0.253 e. The first-order chi connectivity index (χ1) is 9.11. The van der Waals surface area contributed by atoms with Crippen LogP contribution in [0.15, 0.2) is 22.7 Å². The van der Waals surface area contributed by atoms with Gasteiger partial charge in [0.05, 0.1) is 10.6 Å². The van der Waals surface area contributed by atoms with Crippen LogP contribution in [-0.4, -0.2) is 17.8 Å². The van der Waals surface area contributed by atoms with Crippen molar-refractivity contribution in [2.75, 3.05) is 5.88 Å². The molecule has 0 bridgehead atoms. The normalized spacial score (nSPS) is 23.1. The Morgan fingerprint density at radius 1 is 1.37 bits per heavy atom. The summed E-state index contributed by atoms with van der Waals surface area (Å²) in [4.78, 5) is 12.3. The molecule has 0 aromatic heterocycles. The van der Waals surface area contributed by atoms with Crippen LogP contribution in [0.2, 0.25) is 5.02 Å². The van der Waals surface area contributed by atoms with E-state index in [1.54, 1.807) is 12.1 Å². The van der Waals surface area contributed by atoms with Gasteiger partial charge in [0.1, 0.15) is 0 Å². The molecule has 0 spiro atoms. The Morgan fingerprint density at radius 2 is 2.11 bits per heavy atom. The number of rotatable bonds is 3. The van der Waals surface area contributed by atoms with Gasteiger partial charge in [-0.25, -0.2) is 0 Å². The monoisotopic (exact) mass is 363 g/mol. The van der Waals surface area contributed by atoms with E-state index in [1.165, 1.54) is 6.42 Å². The van der Waals surface area contributed by atoms with Crippen LogP contribution in [-0.2, 0) is 0 Å². The van der Waals surface area contributed by atoms with Crippen LogP contribution in [0.3, 0.4) is 0 Å². The summed E-state index contributed by atoms with van der Waals surface area (Å²) in [5.74, 6) is 0.843. The maximum atomic E-state index is 12.3. The molecule has 0 heterocycles. The molecule has 1 N–H and O–H groups in total. The van der Waals surface area contributed by atoms with Gasteiger partial charge in [-0.3, -0.25) is 4.79 Å². The lowest BCUT2D eigenvalue weighted by molar-refractivity contribution is 0.0911. The summed E-state index contributed by atoms with van der Waals surface area (Å²) in [6.45, 7) is 0. The summed E-state index contributed by atoms with van der Waals surface area (Å²) in [6.07, 6.45) is 4.42. The van der Waals surface area contributed by atoms with Gasteiger partial charge in [0.2, 0.25) is 0 Å². The Labute approximate surface area is 132 Å². The number of alkyl halides is 1. The number of halogens is 3. The summed E-state index contributed by atoms with van der Waals surface area (Å²) in [5, 5.41) is 3.55. The zero-order valence-corrected chi connectivity index (χ0v) is 13.6. The third kappa shape index (κ3) is 3.87. The molecule has 0 aliphatic heterocycles. The molecule has 0 saturated heterocycles. The van der Waals surface area contributed by atoms with Gasteiger partial charge in [0, 0.05) is 16.4 Å². The number of hydrogen-bond acceptors (Lipinski definition) is 1. The number of carbonyl (C=O) groups is 1. The van der Waals surface area contributed by atoms with Crippen LogP contribution in [0.4, 0.5) is 0 Å². The highest BCUT2D eigenvalue weighted by molar-refractivity contribution is 9.10. The number of benzene rings is 1. The Morgan fingerprint density at radius 3 is 2.84 bits per heavy atom. The number of amides is 1. The summed E-state index contributed by atoms with van der Waals surface area (Å²) in [7, 11) is 0. The van der Waals surface area contributed by atoms with E-state index in [9.17, 15) is 4.79 Å². The number of nitrogens with one attached hydrogen (secondary N) is 1. The van der Waals surface area contributed by atoms with Gasteiger partial charge >= 0.3 is 0 Å². The first-order valence-electron chi connectivity index (χ1n) is 6.43. The van der Waals surface area contributed by atoms with Crippen molar-refractivity contribution < 1.29 is 4.79 Å². The Kier molecular flexibility index (Phi) is 5.55. The van der Waals surface area contributed by atoms with E-state index in [0.717, 1.165) is 23.7 Å². The third-order valence-corrected chi connectivity index (χ3v) is 4.82. The highest BCUT2D eigenvalue weighted by Gasteiger charge is 2.26. The number of hydrogen-bond donors (Lipinski definition) is 1. The van der Waals surface area contributed by atoms with E-state index in [-0.39, 0.29) is 11.9 Å². The van der Waals surface area contributed by atoms with Crippen LogP contribution in [0.25, 0.3) is 0 Å². The molecule has 0 radical (unpaired) electrons. The van der Waals surface area contributed by atoms with Crippen LogP contribution < -0.4 is 5.32 Å². The second kappa shape index (κ2) is 6.96. The molecule has 19 heavy (non-hydrogen) atoms. The highest BCUT2D eigenvalue weighted by atomic mass is 79.9. The lowest BCUT2D eigenvalue weighted by Gasteiger charge is -2.30. The quantitative estimate of drug-likeness (QED) is 0.778. The minimum Gasteiger partial charge on any atom is -0.349 e. The number of carbonyl (C=O) groups excluding carboxylic acids is 1. The fourth-order valence-corrected chi connectivity index (χ4v) is 3.43. The summed E-state index contributed by atoms with van der Waals surface area (Å²) < 4.78 is 0.847. The maximum absolute atomic E-state index is 12.3. The molecule has 5 heteroatoms. The van der Waals surface area contributed by atoms with Crippen molar-refractivity contribution in [2.45, 2.75) is 31.7 Å². The molecule has 1 saturated carbocycles. The average molecular weight is 365 g/mol. The first-order valence-corrected chi connectivity index (χ1v) is 8.14. The van der Waals surface area contributed by atoms with E-state index in [4.69, 9.17) is 23.2 Å². The van der Waals surface area contributed by atoms with Crippen LogP contribution in [0.1, 0.15) is 36.0 Å². The predicted octanol–water partition coefficient (Wildman–Crippen LogP) is 4.63. The predicted molar refractivity (Wildman–Crippen MR) is 83.1 cm³/mol. The van der Waals surface area contributed by atoms with E-state index in [1.807, 2.05) is 6.07 Å². The maximum Gasteiger partial charge on any atom is 0.253 e.